The summed E-state index contributed by atoms with van der Waals surface area (Å²) in [5, 5.41) is 4.59. The average Bonchev–Trinajstić information content (AvgIpc) is 2.91. The van der Waals surface area contributed by atoms with E-state index in [1.54, 1.807) is 4.72 Å². The van der Waals surface area contributed by atoms with Gasteiger partial charge in [-0.2, -0.15) is 13.9 Å². The number of nitrogens with zero attached hydrogens (tertiary/aromatic N) is 2. The van der Waals surface area contributed by atoms with E-state index >= 15 is 0 Å². The second-order valence-electron chi connectivity index (χ2n) is 3.95. The maximum atomic E-state index is 12.3. The molecule has 1 aromatic carbocycles. The van der Waals surface area contributed by atoms with Crippen LogP contribution in [0, 0.1) is 0 Å². The van der Waals surface area contributed by atoms with E-state index in [9.17, 15) is 22.0 Å². The van der Waals surface area contributed by atoms with Crippen LogP contribution in [-0.4, -0.2) is 38.8 Å². The number of hydrazone groups is 1. The van der Waals surface area contributed by atoms with E-state index in [1.165, 1.54) is 18.3 Å². The van der Waals surface area contributed by atoms with Crippen LogP contribution in [0.4, 0.5) is 13.6 Å². The van der Waals surface area contributed by atoms with Gasteiger partial charge in [0.05, 0.1) is 6.54 Å². The molecule has 21 heavy (non-hydrogen) atoms. The quantitative estimate of drug-likeness (QED) is 0.908. The number of carbonyl (C=O) groups is 1. The number of amides is 2. The van der Waals surface area contributed by atoms with Crippen LogP contribution in [0.1, 0.15) is 6.42 Å². The Balaban J connectivity index is 2.23. The number of sulfonamides is 1. The minimum atomic E-state index is -4.35. The molecule has 1 aliphatic heterocycles. The zero-order chi connectivity index (χ0) is 15.5. The monoisotopic (exact) mass is 319 g/mol. The van der Waals surface area contributed by atoms with Gasteiger partial charge in [-0.05, 0) is 12.1 Å². The van der Waals surface area contributed by atoms with Gasteiger partial charge in [-0.25, -0.2) is 22.9 Å². The number of nitrogens with one attached hydrogen (secondary N) is 1. The molecule has 1 heterocycles. The third kappa shape index (κ3) is 3.66. The second-order valence-corrected chi connectivity index (χ2v) is 5.60. The standard InChI is InChI=1S/C11H11F2N3O4S/c12-10(13)20-8-4-1-2-5-9(8)21(18,19)15-11(17)16-7-3-6-14-16/h1-2,4-6,10H,3,7H2,(H,15,17). The summed E-state index contributed by atoms with van der Waals surface area (Å²) in [7, 11) is -4.35. The fourth-order valence-corrected chi connectivity index (χ4v) is 2.72. The number of alkyl halides is 2. The minimum absolute atomic E-state index is 0.247. The lowest BCUT2D eigenvalue weighted by Gasteiger charge is -2.15. The highest BCUT2D eigenvalue weighted by Crippen LogP contribution is 2.24. The summed E-state index contributed by atoms with van der Waals surface area (Å²) in [5.74, 6) is -0.544. The lowest BCUT2D eigenvalue weighted by Crippen LogP contribution is -2.39. The smallest absolute Gasteiger partial charge is 0.387 e. The Kier molecular flexibility index (Phi) is 4.36. The molecule has 0 saturated carbocycles. The fourth-order valence-electron chi connectivity index (χ4n) is 1.64. The van der Waals surface area contributed by atoms with Crippen molar-refractivity contribution in [3.63, 3.8) is 0 Å². The van der Waals surface area contributed by atoms with E-state index in [2.05, 4.69) is 9.84 Å². The molecule has 0 saturated heterocycles. The number of urea groups is 1. The van der Waals surface area contributed by atoms with Gasteiger partial charge in [0.25, 0.3) is 10.0 Å². The molecular formula is C11H11F2N3O4S. The number of ether oxygens (including phenoxy) is 1. The minimum Gasteiger partial charge on any atom is -0.433 e. The molecule has 0 aromatic heterocycles. The van der Waals surface area contributed by atoms with E-state index in [0.29, 0.717) is 6.42 Å². The van der Waals surface area contributed by atoms with E-state index < -0.39 is 33.3 Å². The van der Waals surface area contributed by atoms with Crippen molar-refractivity contribution in [1.82, 2.24) is 9.73 Å². The normalized spacial score (nSPS) is 14.5. The molecule has 7 nitrogen and oxygen atoms in total. The van der Waals surface area contributed by atoms with Crippen molar-refractivity contribution >= 4 is 22.3 Å². The van der Waals surface area contributed by atoms with Crippen molar-refractivity contribution in [2.75, 3.05) is 6.54 Å². The predicted octanol–water partition coefficient (Wildman–Crippen LogP) is 1.38. The molecule has 0 fully saturated rings. The van der Waals surface area contributed by atoms with Crippen molar-refractivity contribution in [3.8, 4) is 5.75 Å². The number of rotatable bonds is 4. The first-order valence-corrected chi connectivity index (χ1v) is 7.29. The summed E-state index contributed by atoms with van der Waals surface area (Å²) in [6.07, 6.45) is 1.97. The van der Waals surface area contributed by atoms with Gasteiger partial charge in [0.1, 0.15) is 10.6 Å². The number of halogens is 2. The van der Waals surface area contributed by atoms with E-state index in [0.717, 1.165) is 17.1 Å². The van der Waals surface area contributed by atoms with Crippen LogP contribution in [0.25, 0.3) is 0 Å². The second kappa shape index (κ2) is 6.04. The van der Waals surface area contributed by atoms with Crippen LogP contribution in [-0.2, 0) is 10.0 Å². The highest BCUT2D eigenvalue weighted by molar-refractivity contribution is 7.90. The number of hydrogen-bond donors (Lipinski definition) is 1. The Morgan fingerprint density at radius 3 is 2.71 bits per heavy atom. The fraction of sp³-hybridized carbons (Fsp3) is 0.273. The van der Waals surface area contributed by atoms with Crippen molar-refractivity contribution in [3.05, 3.63) is 24.3 Å². The van der Waals surface area contributed by atoms with Crippen molar-refractivity contribution in [1.29, 1.82) is 0 Å². The first kappa shape index (κ1) is 15.2. The maximum Gasteiger partial charge on any atom is 0.387 e. The summed E-state index contributed by atoms with van der Waals surface area (Å²) in [6.45, 7) is -2.93. The lowest BCUT2D eigenvalue weighted by molar-refractivity contribution is -0.0517. The van der Waals surface area contributed by atoms with Gasteiger partial charge in [-0.1, -0.05) is 12.1 Å². The third-order valence-corrected chi connectivity index (χ3v) is 3.86. The largest absolute Gasteiger partial charge is 0.433 e. The summed E-state index contributed by atoms with van der Waals surface area (Å²) < 4.78 is 54.5. The first-order chi connectivity index (χ1) is 9.90. The highest BCUT2D eigenvalue weighted by Gasteiger charge is 2.26. The topological polar surface area (TPSA) is 88.1 Å². The van der Waals surface area contributed by atoms with Gasteiger partial charge in [0.2, 0.25) is 0 Å². The Morgan fingerprint density at radius 1 is 1.38 bits per heavy atom. The molecule has 0 atom stereocenters. The molecule has 1 aliphatic rings. The van der Waals surface area contributed by atoms with Crippen molar-refractivity contribution in [2.45, 2.75) is 17.9 Å². The Labute approximate surface area is 119 Å². The van der Waals surface area contributed by atoms with Crippen LogP contribution < -0.4 is 9.46 Å². The molecule has 0 radical (unpaired) electrons. The molecule has 2 rings (SSSR count). The Morgan fingerprint density at radius 2 is 2.10 bits per heavy atom. The molecular weight excluding hydrogens is 308 g/mol. The molecule has 0 unspecified atom stereocenters. The lowest BCUT2D eigenvalue weighted by atomic mass is 10.3. The van der Waals surface area contributed by atoms with E-state index in [1.807, 2.05) is 0 Å². The molecule has 114 valence electrons. The van der Waals surface area contributed by atoms with Gasteiger partial charge in [-0.3, -0.25) is 0 Å². The maximum absolute atomic E-state index is 12.3. The first-order valence-electron chi connectivity index (χ1n) is 5.81. The molecule has 0 spiro atoms. The highest BCUT2D eigenvalue weighted by atomic mass is 32.2. The van der Waals surface area contributed by atoms with Crippen LogP contribution in [0.5, 0.6) is 5.75 Å². The van der Waals surface area contributed by atoms with Crippen LogP contribution in [0.3, 0.4) is 0 Å². The molecule has 1 aromatic rings. The SMILES string of the molecule is O=C(NS(=O)(=O)c1ccccc1OC(F)F)N1CCC=N1. The predicted molar refractivity (Wildman–Crippen MR) is 68.6 cm³/mol. The molecule has 2 amide bonds. The van der Waals surface area contributed by atoms with Gasteiger partial charge < -0.3 is 4.74 Å². The average molecular weight is 319 g/mol. The molecule has 0 aliphatic carbocycles. The van der Waals surface area contributed by atoms with Crippen LogP contribution >= 0.6 is 0 Å². The number of para-hydroxylation sites is 1. The Bertz CT molecular complexity index is 663. The summed E-state index contributed by atoms with van der Waals surface area (Å²) in [5.41, 5.74) is 0. The zero-order valence-electron chi connectivity index (χ0n) is 10.6. The molecule has 0 bridgehead atoms. The van der Waals surface area contributed by atoms with Crippen molar-refractivity contribution < 1.29 is 26.7 Å². The summed E-state index contributed by atoms with van der Waals surface area (Å²) in [4.78, 5) is 11.1. The van der Waals surface area contributed by atoms with Gasteiger partial charge in [-0.15, -0.1) is 0 Å². The number of carbonyl (C=O) groups excluding carboxylic acids is 1. The zero-order valence-corrected chi connectivity index (χ0v) is 11.4. The third-order valence-electron chi connectivity index (χ3n) is 2.50. The molecule has 1 N–H and O–H groups in total. The van der Waals surface area contributed by atoms with E-state index in [-0.39, 0.29) is 6.54 Å². The van der Waals surface area contributed by atoms with E-state index in [4.69, 9.17) is 0 Å². The van der Waals surface area contributed by atoms with Crippen LogP contribution in [0.15, 0.2) is 34.3 Å². The number of hydrogen-bond acceptors (Lipinski definition) is 5. The summed E-state index contributed by atoms with van der Waals surface area (Å²) >= 11 is 0. The van der Waals surface area contributed by atoms with Gasteiger partial charge in [0, 0.05) is 12.6 Å². The van der Waals surface area contributed by atoms with Crippen LogP contribution in [0.2, 0.25) is 0 Å². The Hall–Kier alpha value is -2.23. The van der Waals surface area contributed by atoms with Gasteiger partial charge in [0.15, 0.2) is 0 Å². The molecule has 10 heteroatoms. The van der Waals surface area contributed by atoms with Crippen molar-refractivity contribution in [2.24, 2.45) is 5.10 Å². The summed E-state index contributed by atoms with van der Waals surface area (Å²) in [6, 6.07) is 3.82. The number of benzene rings is 1. The van der Waals surface area contributed by atoms with Gasteiger partial charge >= 0.3 is 12.6 Å².